The second kappa shape index (κ2) is 33.7. The lowest BCUT2D eigenvalue weighted by Gasteiger charge is -2.33. The fourth-order valence-electron chi connectivity index (χ4n) is 20.7. The van der Waals surface area contributed by atoms with Crippen molar-refractivity contribution in [3.63, 3.8) is 0 Å². The van der Waals surface area contributed by atoms with E-state index in [2.05, 4.69) is 179 Å². The van der Waals surface area contributed by atoms with E-state index in [1.165, 1.54) is 9.80 Å². The molecule has 0 spiro atoms. The average Bonchev–Trinajstić information content (AvgIpc) is 1.58. The highest BCUT2D eigenvalue weighted by Gasteiger charge is 2.44. The smallest absolute Gasteiger partial charge is 0.227 e. The van der Waals surface area contributed by atoms with E-state index < -0.39 is 44.3 Å². The lowest BCUT2D eigenvalue weighted by Crippen LogP contribution is -2.42. The van der Waals surface area contributed by atoms with Crippen LogP contribution in [0.3, 0.4) is 0 Å². The minimum absolute atomic E-state index is 0.0212. The zero-order valence-electron chi connectivity index (χ0n) is 89.2. The summed E-state index contributed by atoms with van der Waals surface area (Å²) in [5, 5.41) is 10.00. The molecule has 5 aliphatic rings. The third kappa shape index (κ3) is 14.1. The van der Waals surface area contributed by atoms with Crippen LogP contribution in [0.5, 0.6) is 0 Å². The van der Waals surface area contributed by atoms with Crippen molar-refractivity contribution in [2.24, 2.45) is 0 Å². The van der Waals surface area contributed by atoms with Crippen molar-refractivity contribution < 1.29 is 34.4 Å². The summed E-state index contributed by atoms with van der Waals surface area (Å²) in [6.45, 7) is 37.1. The fourth-order valence-corrected chi connectivity index (χ4v) is 20.7. The molecule has 19 heterocycles. The Hall–Kier alpha value is -15.3. The normalized spacial score (nSPS) is 18.0. The van der Waals surface area contributed by atoms with E-state index in [1.54, 1.807) is 36.9 Å². The van der Waals surface area contributed by atoms with E-state index in [4.69, 9.17) is 44.4 Å². The summed E-state index contributed by atoms with van der Waals surface area (Å²) < 4.78 is 106. The summed E-state index contributed by atoms with van der Waals surface area (Å²) in [6, 6.07) is 62.2. The Balaban J connectivity index is 0.000000107. The maximum Gasteiger partial charge on any atom is 0.227 e. The van der Waals surface area contributed by atoms with Crippen molar-refractivity contribution in [1.82, 2.24) is 44.9 Å². The maximum absolute atomic E-state index is 8.74. The molecule has 14 aromatic heterocycles. The summed E-state index contributed by atoms with van der Waals surface area (Å²) in [6.07, 6.45) is 5.80. The molecular formula is C112H113N19O5. The molecule has 5 aliphatic heterocycles. The minimum atomic E-state index is -2.31. The molecule has 6 aromatic carbocycles. The topological polar surface area (TPSA) is 214 Å². The van der Waals surface area contributed by atoms with Crippen molar-refractivity contribution in [2.75, 3.05) is 63.0 Å². The first-order valence-electron chi connectivity index (χ1n) is 50.7. The second-order valence-electron chi connectivity index (χ2n) is 36.7. The Morgan fingerprint density at radius 2 is 0.493 bits per heavy atom. The van der Waals surface area contributed by atoms with Crippen LogP contribution in [-0.4, -0.2) is 108 Å². The Morgan fingerprint density at radius 3 is 0.816 bits per heavy atom. The van der Waals surface area contributed by atoms with Crippen LogP contribution in [0.1, 0.15) is 145 Å². The highest BCUT2D eigenvalue weighted by Crippen LogP contribution is 2.55. The van der Waals surface area contributed by atoms with Crippen LogP contribution in [-0.2, 0) is 0 Å². The van der Waals surface area contributed by atoms with Crippen LogP contribution < -0.4 is 49.0 Å². The molecule has 0 fully saturated rings. The van der Waals surface area contributed by atoms with Gasteiger partial charge < -0.3 is 71.1 Å². The molecule has 0 aliphatic carbocycles. The van der Waals surface area contributed by atoms with Gasteiger partial charge in [-0.3, -0.25) is 0 Å². The van der Waals surface area contributed by atoms with Gasteiger partial charge >= 0.3 is 0 Å². The zero-order valence-corrected chi connectivity index (χ0v) is 80.2. The summed E-state index contributed by atoms with van der Waals surface area (Å²) in [7, 11) is 0. The standard InChI is InChI=1S/C24H25N3O.2C23H24N4O.2C21H20N4O/c1-14(2)26-17(5)27(21-9-7-6-8-20(21)26)22-15(3)10-12-18-19-13-11-16(4)25-24(19)28-23(18)22;2*1-13(2)26-16(5)27(22-19(26)7-6-12-24-22)20-14(3)8-10-17-18-11-9-15(4)25-23(18)28-21(17)20;1-12-7-9-15-16-10-8-13(2)23-21(16)26-19(15)18(12)25-14(3)24(4)20-17(25)6-5-11-22-20;1-12-7-9-15-16-10-8-13(2)23-21(16)26-19(15)18(12)25-14(3)24(4)17-6-5-11-22-20(17)25/h6-14,17H,1-5H3;2*6-13,16H,1-5H3;2*5-11,14H,1-4H3/t17-;2*16-;2*14-/m00000/s1/i14D;2*13D;2*4D3. The number of rotatable bonds is 8. The number of nitrogens with zero attached hydrogens (tertiary/aromatic N) is 19. The van der Waals surface area contributed by atoms with Crippen LogP contribution >= 0.6 is 0 Å². The molecule has 686 valence electrons. The van der Waals surface area contributed by atoms with Crippen molar-refractivity contribution in [3.8, 4) is 0 Å². The number of pyridine rings is 9. The van der Waals surface area contributed by atoms with Gasteiger partial charge in [-0.2, -0.15) is 0 Å². The molecule has 0 amide bonds. The number of aryl methyl sites for hydroxylation is 10. The van der Waals surface area contributed by atoms with Gasteiger partial charge in [0.1, 0.15) is 30.8 Å². The first kappa shape index (κ1) is 77.1. The molecule has 24 heteroatoms. The number of hydrogen-bond donors (Lipinski definition) is 0. The van der Waals surface area contributed by atoms with Crippen molar-refractivity contribution in [2.45, 2.75) is 194 Å². The molecule has 0 radical (unpaired) electrons. The number of fused-ring (bicyclic) bond motifs is 20. The van der Waals surface area contributed by atoms with Gasteiger partial charge in [0.2, 0.25) is 28.6 Å². The van der Waals surface area contributed by atoms with Gasteiger partial charge in [-0.1, -0.05) is 72.8 Å². The molecule has 20 aromatic rings. The second-order valence-corrected chi connectivity index (χ2v) is 36.7. The third-order valence-electron chi connectivity index (χ3n) is 26.9. The van der Waals surface area contributed by atoms with Crippen molar-refractivity contribution in [1.29, 1.82) is 0 Å². The average molecular weight is 1810 g/mol. The van der Waals surface area contributed by atoms with Crippen LogP contribution in [0.15, 0.2) is 241 Å². The van der Waals surface area contributed by atoms with E-state index in [-0.39, 0.29) is 18.5 Å². The lowest BCUT2D eigenvalue weighted by molar-refractivity contribution is 0.601. The van der Waals surface area contributed by atoms with Gasteiger partial charge in [-0.15, -0.1) is 0 Å². The molecule has 24 nitrogen and oxygen atoms in total. The molecule has 0 saturated heterocycles. The number of anilines is 15. The fraction of sp³-hybridized carbons (Fsp3) is 0.277. The largest absolute Gasteiger partial charge is 0.435 e. The number of furan rings is 5. The first-order chi connectivity index (χ1) is 68.8. The molecule has 5 atom stereocenters. The van der Waals surface area contributed by atoms with Crippen LogP contribution in [0.25, 0.3) is 110 Å². The summed E-state index contributed by atoms with van der Waals surface area (Å²) in [4.78, 5) is 60.9. The van der Waals surface area contributed by atoms with E-state index in [0.717, 1.165) is 195 Å². The predicted molar refractivity (Wildman–Crippen MR) is 556 cm³/mol. The Labute approximate surface area is 803 Å². The van der Waals surface area contributed by atoms with E-state index in [1.807, 2.05) is 223 Å². The van der Waals surface area contributed by atoms with Crippen LogP contribution in [0, 0.1) is 69.2 Å². The SMILES string of the molecule is [2H]C(C)(C)N1c2ccccc2N(c2c(C)ccc3c2oc2nc(C)ccc23)[C@H]1C.[2H]C(C)(C)N1c2cccnc2N(c2c(C)ccc3c2oc2nc(C)ccc23)[C@H]1C.[2H]C(C)(C)N1c2cccnc2N(c2c(C)ccc3c2oc2nc(C)ccc23)[C@H]1C.[2H]C([2H])([2H])N1c2cccnc2N(c2c(C)ccc3c2oc2nc(C)ccc23)[C@H]1C.[2H]C([2H])([2H])N1c2ncccc2N(c2c(C)ccc3c2oc2nc(C)ccc23)[C@H]1C. The van der Waals surface area contributed by atoms with Crippen molar-refractivity contribution in [3.05, 3.63) is 275 Å². The van der Waals surface area contributed by atoms with Gasteiger partial charge in [0.15, 0.2) is 51.2 Å². The molecule has 0 bridgehead atoms. The molecule has 0 N–H and O–H groups in total. The minimum Gasteiger partial charge on any atom is -0.435 e. The Bertz CT molecular complexity index is 7440. The Morgan fingerprint density at radius 1 is 0.250 bits per heavy atom. The van der Waals surface area contributed by atoms with E-state index >= 15 is 0 Å². The zero-order chi connectivity index (χ0) is 102. The van der Waals surface area contributed by atoms with Gasteiger partial charge in [-0.25, -0.2) is 44.9 Å². The molecule has 0 saturated carbocycles. The Kier molecular flexibility index (Phi) is 19.1. The van der Waals surface area contributed by atoms with Gasteiger partial charge in [0, 0.05) is 147 Å². The van der Waals surface area contributed by atoms with Gasteiger partial charge in [0.05, 0.1) is 66.7 Å². The lowest BCUT2D eigenvalue weighted by atomic mass is 10.1. The van der Waals surface area contributed by atoms with Gasteiger partial charge in [-0.05, 0) is 295 Å². The van der Waals surface area contributed by atoms with E-state index in [0.29, 0.717) is 57.1 Å². The third-order valence-corrected chi connectivity index (χ3v) is 26.9. The van der Waals surface area contributed by atoms with Crippen LogP contribution in [0.4, 0.5) is 85.8 Å². The number of benzene rings is 6. The number of hydrogen-bond acceptors (Lipinski definition) is 24. The highest BCUT2D eigenvalue weighted by molar-refractivity contribution is 6.15. The van der Waals surface area contributed by atoms with Gasteiger partial charge in [0.25, 0.3) is 0 Å². The predicted octanol–water partition coefficient (Wildman–Crippen LogP) is 27.6. The quantitative estimate of drug-likeness (QED) is 0.138. The van der Waals surface area contributed by atoms with Crippen LogP contribution in [0.2, 0.25) is 0 Å². The molecular weight excluding hydrogens is 1690 g/mol. The van der Waals surface area contributed by atoms with E-state index in [9.17, 15) is 0 Å². The maximum atomic E-state index is 8.74. The first-order valence-corrected chi connectivity index (χ1v) is 46.2. The summed E-state index contributed by atoms with van der Waals surface area (Å²) in [5.74, 6) is 2.75. The van der Waals surface area contributed by atoms with Crippen molar-refractivity contribution >= 4 is 196 Å². The molecule has 0 unspecified atom stereocenters. The molecule has 136 heavy (non-hydrogen) atoms. The summed E-state index contributed by atoms with van der Waals surface area (Å²) >= 11 is 0. The number of para-hydroxylation sites is 2. The summed E-state index contributed by atoms with van der Waals surface area (Å²) in [5.41, 5.74) is 26.9. The number of aromatic nitrogens is 9. The highest BCUT2D eigenvalue weighted by atomic mass is 16.4. The monoisotopic (exact) mass is 1810 g/mol. The molecule has 25 rings (SSSR count).